The molecule has 4 nitrogen and oxygen atoms in total. The Morgan fingerprint density at radius 1 is 0.458 bits per heavy atom. The molecular formula is C44H82O4. The predicted octanol–water partition coefficient (Wildman–Crippen LogP) is 14.8. The van der Waals surface area contributed by atoms with Crippen molar-refractivity contribution in [2.24, 2.45) is 0 Å². The van der Waals surface area contributed by atoms with Crippen LogP contribution < -0.4 is 0 Å². The van der Waals surface area contributed by atoms with Gasteiger partial charge in [-0.15, -0.1) is 0 Å². The highest BCUT2D eigenvalue weighted by Gasteiger charge is 2.13. The van der Waals surface area contributed by atoms with Gasteiger partial charge in [0.15, 0.2) is 0 Å². The smallest absolute Gasteiger partial charge is 0.333 e. The van der Waals surface area contributed by atoms with E-state index in [1.807, 2.05) is 0 Å². The first-order valence-corrected chi connectivity index (χ1v) is 21.2. The van der Waals surface area contributed by atoms with Crippen LogP contribution in [0.2, 0.25) is 0 Å². The standard InChI is InChI=1S/C44H82O4/c1-5-7-9-11-13-15-17-19-21-23-25-27-29-31-33-35-37-42(39-40(3)43(45)46)41(4)44(47)48-38-36-34-32-30-28-26-24-22-20-18-16-14-12-10-8-6-2/h39H,5-38H2,1-4H3,(H,45,46). The molecule has 0 spiro atoms. The zero-order chi connectivity index (χ0) is 35.3. The fourth-order valence-electron chi connectivity index (χ4n) is 6.61. The summed E-state index contributed by atoms with van der Waals surface area (Å²) in [6, 6.07) is 0. The Kier molecular flexibility index (Phi) is 35.5. The maximum Gasteiger partial charge on any atom is 0.333 e. The van der Waals surface area contributed by atoms with Crippen molar-refractivity contribution < 1.29 is 19.4 Å². The van der Waals surface area contributed by atoms with Crippen LogP contribution in [0.25, 0.3) is 0 Å². The number of carboxylic acid groups (broad SMARTS) is 1. The molecule has 0 aliphatic carbocycles. The molecule has 0 saturated carbocycles. The van der Waals surface area contributed by atoms with Crippen molar-refractivity contribution in [2.75, 3.05) is 6.61 Å². The lowest BCUT2D eigenvalue weighted by molar-refractivity contribution is -0.139. The Bertz CT molecular complexity index is 796. The molecule has 0 aliphatic heterocycles. The lowest BCUT2D eigenvalue weighted by Crippen LogP contribution is -2.10. The molecule has 0 radical (unpaired) electrons. The minimum absolute atomic E-state index is 0.270. The van der Waals surface area contributed by atoms with E-state index in [9.17, 15) is 14.7 Å². The molecule has 0 bridgehead atoms. The van der Waals surface area contributed by atoms with Crippen molar-refractivity contribution in [2.45, 2.75) is 240 Å². The number of carboxylic acids is 1. The first-order valence-electron chi connectivity index (χ1n) is 21.2. The minimum atomic E-state index is -0.936. The van der Waals surface area contributed by atoms with Gasteiger partial charge in [0.25, 0.3) is 0 Å². The number of hydrogen-bond acceptors (Lipinski definition) is 3. The molecule has 1 N–H and O–H groups in total. The van der Waals surface area contributed by atoms with E-state index in [0.29, 0.717) is 12.2 Å². The van der Waals surface area contributed by atoms with Crippen LogP contribution in [-0.4, -0.2) is 23.7 Å². The minimum Gasteiger partial charge on any atom is -0.478 e. The van der Waals surface area contributed by atoms with Crippen LogP contribution in [0, 0.1) is 0 Å². The Hall–Kier alpha value is -1.58. The Labute approximate surface area is 299 Å². The summed E-state index contributed by atoms with van der Waals surface area (Å²) in [6.45, 7) is 8.40. The van der Waals surface area contributed by atoms with Crippen molar-refractivity contribution >= 4 is 11.9 Å². The van der Waals surface area contributed by atoms with E-state index >= 15 is 0 Å². The molecule has 48 heavy (non-hydrogen) atoms. The summed E-state index contributed by atoms with van der Waals surface area (Å²) in [4.78, 5) is 24.3. The van der Waals surface area contributed by atoms with Crippen molar-refractivity contribution in [1.82, 2.24) is 0 Å². The van der Waals surface area contributed by atoms with Gasteiger partial charge in [0.05, 0.1) is 6.61 Å². The average molecular weight is 675 g/mol. The zero-order valence-electron chi connectivity index (χ0n) is 32.8. The lowest BCUT2D eigenvalue weighted by Gasteiger charge is -2.11. The number of aliphatic carboxylic acids is 1. The summed E-state index contributed by atoms with van der Waals surface area (Å²) in [5.41, 5.74) is 1.65. The van der Waals surface area contributed by atoms with Crippen molar-refractivity contribution in [3.63, 3.8) is 0 Å². The highest BCUT2D eigenvalue weighted by molar-refractivity contribution is 5.91. The molecule has 0 unspecified atom stereocenters. The molecule has 0 heterocycles. The van der Waals surface area contributed by atoms with Crippen LogP contribution in [0.4, 0.5) is 0 Å². The van der Waals surface area contributed by atoms with Gasteiger partial charge in [0, 0.05) is 11.1 Å². The normalized spacial score (nSPS) is 12.4. The highest BCUT2D eigenvalue weighted by atomic mass is 16.5. The molecule has 0 aromatic rings. The van der Waals surface area contributed by atoms with Gasteiger partial charge in [-0.2, -0.15) is 0 Å². The second-order valence-corrected chi connectivity index (χ2v) is 14.8. The number of carbonyl (C=O) groups excluding carboxylic acids is 1. The number of unbranched alkanes of at least 4 members (excludes halogenated alkanes) is 30. The summed E-state index contributed by atoms with van der Waals surface area (Å²) in [6.07, 6.45) is 44.7. The second kappa shape index (κ2) is 36.7. The molecule has 0 fully saturated rings. The van der Waals surface area contributed by atoms with Gasteiger partial charge < -0.3 is 9.84 Å². The predicted molar refractivity (Wildman–Crippen MR) is 209 cm³/mol. The van der Waals surface area contributed by atoms with Crippen LogP contribution in [0.3, 0.4) is 0 Å². The number of rotatable bonds is 37. The van der Waals surface area contributed by atoms with E-state index in [0.717, 1.165) is 37.7 Å². The first-order chi connectivity index (χ1) is 23.4. The summed E-state index contributed by atoms with van der Waals surface area (Å²) in [7, 11) is 0. The Morgan fingerprint density at radius 2 is 0.750 bits per heavy atom. The number of hydrogen-bond donors (Lipinski definition) is 1. The maximum absolute atomic E-state index is 12.8. The van der Waals surface area contributed by atoms with Gasteiger partial charge in [0.1, 0.15) is 0 Å². The van der Waals surface area contributed by atoms with Crippen molar-refractivity contribution in [3.8, 4) is 0 Å². The molecule has 0 aromatic carbocycles. The fourth-order valence-corrected chi connectivity index (χ4v) is 6.61. The molecule has 0 saturated heterocycles. The first kappa shape index (κ1) is 46.4. The van der Waals surface area contributed by atoms with Crippen molar-refractivity contribution in [3.05, 3.63) is 22.8 Å². The van der Waals surface area contributed by atoms with Gasteiger partial charge in [0.2, 0.25) is 0 Å². The topological polar surface area (TPSA) is 63.6 Å². The molecule has 0 atom stereocenters. The monoisotopic (exact) mass is 675 g/mol. The van der Waals surface area contributed by atoms with Crippen LogP contribution in [0.15, 0.2) is 22.8 Å². The van der Waals surface area contributed by atoms with Crippen LogP contribution in [0.1, 0.15) is 240 Å². The molecule has 0 amide bonds. The number of allylic oxidation sites excluding steroid dienone is 2. The molecule has 4 heteroatoms. The third-order valence-corrected chi connectivity index (χ3v) is 10.0. The average Bonchev–Trinajstić information content (AvgIpc) is 3.08. The van der Waals surface area contributed by atoms with E-state index in [-0.39, 0.29) is 11.5 Å². The van der Waals surface area contributed by atoms with Gasteiger partial charge in [-0.05, 0) is 44.8 Å². The number of esters is 1. The van der Waals surface area contributed by atoms with Gasteiger partial charge in [-0.3, -0.25) is 0 Å². The van der Waals surface area contributed by atoms with E-state index in [4.69, 9.17) is 4.74 Å². The third kappa shape index (κ3) is 31.7. The SMILES string of the molecule is CCCCCCCCCCCCCCCCCCOC(=O)C(C)=C(C=C(C)C(=O)O)CCCCCCCCCCCCCCCCCC. The van der Waals surface area contributed by atoms with Crippen LogP contribution >= 0.6 is 0 Å². The van der Waals surface area contributed by atoms with E-state index < -0.39 is 5.97 Å². The lowest BCUT2D eigenvalue weighted by atomic mass is 9.98. The third-order valence-electron chi connectivity index (χ3n) is 10.0. The summed E-state index contributed by atoms with van der Waals surface area (Å²) >= 11 is 0. The van der Waals surface area contributed by atoms with E-state index in [2.05, 4.69) is 13.8 Å². The van der Waals surface area contributed by atoms with E-state index in [1.54, 1.807) is 19.9 Å². The largest absolute Gasteiger partial charge is 0.478 e. The van der Waals surface area contributed by atoms with Crippen molar-refractivity contribution in [1.29, 1.82) is 0 Å². The fraction of sp³-hybridized carbons (Fsp3) is 0.864. The number of carbonyl (C=O) groups is 2. The molecule has 0 aromatic heterocycles. The van der Waals surface area contributed by atoms with Gasteiger partial charge in [-0.1, -0.05) is 206 Å². The van der Waals surface area contributed by atoms with Crippen LogP contribution in [-0.2, 0) is 14.3 Å². The highest BCUT2D eigenvalue weighted by Crippen LogP contribution is 2.20. The molecule has 0 aliphatic rings. The molecule has 282 valence electrons. The summed E-state index contributed by atoms with van der Waals surface area (Å²) < 4.78 is 5.61. The maximum atomic E-state index is 12.8. The second-order valence-electron chi connectivity index (χ2n) is 14.8. The molecular weight excluding hydrogens is 592 g/mol. The molecule has 0 rings (SSSR count). The summed E-state index contributed by atoms with van der Waals surface area (Å²) in [5, 5.41) is 9.42. The quantitative estimate of drug-likeness (QED) is 0.0308. The van der Waals surface area contributed by atoms with E-state index in [1.165, 1.54) is 180 Å². The Balaban J connectivity index is 4.02. The van der Waals surface area contributed by atoms with Gasteiger partial charge >= 0.3 is 11.9 Å². The number of ether oxygens (including phenoxy) is 1. The summed E-state index contributed by atoms with van der Waals surface area (Å²) in [5.74, 6) is -1.23. The zero-order valence-corrected chi connectivity index (χ0v) is 32.8. The Morgan fingerprint density at radius 3 is 1.06 bits per heavy atom. The van der Waals surface area contributed by atoms with Gasteiger partial charge in [-0.25, -0.2) is 9.59 Å². The van der Waals surface area contributed by atoms with Crippen LogP contribution in [0.5, 0.6) is 0 Å².